The summed E-state index contributed by atoms with van der Waals surface area (Å²) in [4.78, 5) is 44.3. The van der Waals surface area contributed by atoms with Gasteiger partial charge in [-0.3, -0.25) is 24.6 Å². The molecular weight excluding hydrogens is 476 g/mol. The highest BCUT2D eigenvalue weighted by atomic mass is 32.1. The van der Waals surface area contributed by atoms with E-state index in [4.69, 9.17) is 0 Å². The molecule has 1 fully saturated rings. The second kappa shape index (κ2) is 10.2. The third-order valence-electron chi connectivity index (χ3n) is 7.06. The van der Waals surface area contributed by atoms with Crippen LogP contribution in [0.3, 0.4) is 0 Å². The number of thiophene rings is 1. The zero-order valence-corrected chi connectivity index (χ0v) is 20.9. The largest absolute Gasteiger partial charge is 0.338 e. The van der Waals surface area contributed by atoms with E-state index in [1.165, 1.54) is 34.2 Å². The molecule has 2 atom stereocenters. The van der Waals surface area contributed by atoms with E-state index in [2.05, 4.69) is 28.5 Å². The number of fused-ring (bicyclic) bond motifs is 1. The van der Waals surface area contributed by atoms with Crippen LogP contribution in [0.15, 0.2) is 66.0 Å². The fourth-order valence-electron chi connectivity index (χ4n) is 5.24. The Balaban J connectivity index is 1.26. The number of carbonyl (C=O) groups is 2. The number of hydrogen-bond donors (Lipinski definition) is 0. The smallest absolute Gasteiger partial charge is 0.270 e. The Kier molecular flexibility index (Phi) is 6.84. The van der Waals surface area contributed by atoms with Gasteiger partial charge in [-0.15, -0.1) is 11.3 Å². The van der Waals surface area contributed by atoms with Crippen molar-refractivity contribution in [2.24, 2.45) is 0 Å². The lowest BCUT2D eigenvalue weighted by Crippen LogP contribution is -2.57. The van der Waals surface area contributed by atoms with Gasteiger partial charge in [0.25, 0.3) is 11.6 Å². The van der Waals surface area contributed by atoms with E-state index in [0.29, 0.717) is 31.7 Å². The predicted molar refractivity (Wildman–Crippen MR) is 138 cm³/mol. The van der Waals surface area contributed by atoms with E-state index in [-0.39, 0.29) is 29.6 Å². The molecule has 0 unspecified atom stereocenters. The Morgan fingerprint density at radius 3 is 2.61 bits per heavy atom. The highest BCUT2D eigenvalue weighted by Gasteiger charge is 2.34. The molecule has 0 spiro atoms. The second-order valence-corrected chi connectivity index (χ2v) is 10.3. The first-order valence-corrected chi connectivity index (χ1v) is 13.0. The molecule has 0 N–H and O–H groups in total. The van der Waals surface area contributed by atoms with Crippen molar-refractivity contribution in [3.8, 4) is 0 Å². The number of hydrogen-bond acceptors (Lipinski definition) is 6. The third kappa shape index (κ3) is 4.76. The fourth-order valence-corrected chi connectivity index (χ4v) is 6.15. The minimum atomic E-state index is -0.501. The molecule has 8 nitrogen and oxygen atoms in total. The summed E-state index contributed by atoms with van der Waals surface area (Å²) >= 11 is 1.78. The maximum absolute atomic E-state index is 13.4. The number of benzene rings is 2. The zero-order chi connectivity index (χ0) is 25.2. The van der Waals surface area contributed by atoms with Crippen LogP contribution in [0.25, 0.3) is 0 Å². The number of nitro groups is 1. The average Bonchev–Trinajstić information content (AvgIpc) is 3.37. The SMILES string of the molecule is C[C@H]1CN(C(=O)CN2CCc3sccc3[C@H]2c2ccccc2)CCN1C(=O)c1cccc([N+](=O)[O-])c1. The Morgan fingerprint density at radius 2 is 1.86 bits per heavy atom. The van der Waals surface area contributed by atoms with Crippen molar-refractivity contribution < 1.29 is 14.5 Å². The van der Waals surface area contributed by atoms with Crippen molar-refractivity contribution in [2.45, 2.75) is 25.4 Å². The lowest BCUT2D eigenvalue weighted by molar-refractivity contribution is -0.384. The van der Waals surface area contributed by atoms with E-state index in [1.807, 2.05) is 30.0 Å². The van der Waals surface area contributed by atoms with Crippen molar-refractivity contribution >= 4 is 28.8 Å². The van der Waals surface area contributed by atoms with Gasteiger partial charge < -0.3 is 9.80 Å². The number of non-ortho nitro benzene ring substituents is 1. The molecule has 1 saturated heterocycles. The summed E-state index contributed by atoms with van der Waals surface area (Å²) in [7, 11) is 0. The van der Waals surface area contributed by atoms with Crippen molar-refractivity contribution in [1.29, 1.82) is 0 Å². The molecule has 2 aromatic carbocycles. The van der Waals surface area contributed by atoms with Crippen LogP contribution in [-0.2, 0) is 11.2 Å². The Labute approximate surface area is 213 Å². The molecular formula is C27H28N4O4S. The molecule has 0 aliphatic carbocycles. The molecule has 9 heteroatoms. The van der Waals surface area contributed by atoms with Gasteiger partial charge in [0.15, 0.2) is 0 Å². The van der Waals surface area contributed by atoms with Gasteiger partial charge in [0.05, 0.1) is 17.5 Å². The minimum absolute atomic E-state index is 0.0549. The maximum atomic E-state index is 13.4. The van der Waals surface area contributed by atoms with Gasteiger partial charge in [-0.2, -0.15) is 0 Å². The Hall–Kier alpha value is -3.56. The van der Waals surface area contributed by atoms with Crippen LogP contribution in [0.4, 0.5) is 5.69 Å². The molecule has 2 aliphatic heterocycles. The standard InChI is InChI=1S/C27H28N4O4S/c1-19-17-28(13-14-30(19)27(33)21-8-5-9-22(16-21)31(34)35)25(32)18-29-12-10-24-23(11-15-36-24)26(29)20-6-3-2-4-7-20/h2-9,11,15-16,19,26H,10,12-14,17-18H2,1H3/t19-,26+/m0/s1. The lowest BCUT2D eigenvalue weighted by atomic mass is 9.93. The van der Waals surface area contributed by atoms with E-state index < -0.39 is 4.92 Å². The first kappa shape index (κ1) is 24.1. The molecule has 5 rings (SSSR count). The first-order valence-electron chi connectivity index (χ1n) is 12.1. The summed E-state index contributed by atoms with van der Waals surface area (Å²) in [5, 5.41) is 13.2. The molecule has 36 heavy (non-hydrogen) atoms. The molecule has 0 bridgehead atoms. The summed E-state index contributed by atoms with van der Waals surface area (Å²) < 4.78 is 0. The van der Waals surface area contributed by atoms with E-state index >= 15 is 0 Å². The van der Waals surface area contributed by atoms with E-state index in [0.717, 1.165) is 13.0 Å². The monoisotopic (exact) mass is 504 g/mol. The number of nitrogens with zero attached hydrogens (tertiary/aromatic N) is 4. The maximum Gasteiger partial charge on any atom is 0.270 e. The van der Waals surface area contributed by atoms with Crippen LogP contribution in [0.1, 0.15) is 39.3 Å². The molecule has 0 radical (unpaired) electrons. The van der Waals surface area contributed by atoms with Crippen LogP contribution >= 0.6 is 11.3 Å². The van der Waals surface area contributed by atoms with Gasteiger partial charge in [-0.1, -0.05) is 36.4 Å². The molecule has 1 aromatic heterocycles. The fraction of sp³-hybridized carbons (Fsp3) is 0.333. The van der Waals surface area contributed by atoms with E-state index in [9.17, 15) is 19.7 Å². The van der Waals surface area contributed by atoms with Crippen LogP contribution < -0.4 is 0 Å². The topological polar surface area (TPSA) is 87.0 Å². The summed E-state index contributed by atoms with van der Waals surface area (Å²) in [6.45, 7) is 4.33. The van der Waals surface area contributed by atoms with Crippen LogP contribution in [0.5, 0.6) is 0 Å². The summed E-state index contributed by atoms with van der Waals surface area (Å²) in [5.41, 5.74) is 2.66. The Bertz CT molecular complexity index is 1280. The molecule has 3 heterocycles. The quantitative estimate of drug-likeness (QED) is 0.388. The molecule has 2 amide bonds. The van der Waals surface area contributed by atoms with E-state index in [1.54, 1.807) is 22.3 Å². The van der Waals surface area contributed by atoms with Gasteiger partial charge >= 0.3 is 0 Å². The minimum Gasteiger partial charge on any atom is -0.338 e. The number of carbonyl (C=O) groups excluding carboxylic acids is 2. The summed E-state index contributed by atoms with van der Waals surface area (Å²) in [5.74, 6) is -0.188. The highest BCUT2D eigenvalue weighted by molar-refractivity contribution is 7.10. The molecule has 3 aromatic rings. The number of piperazine rings is 1. The van der Waals surface area contributed by atoms with Crippen molar-refractivity contribution in [3.05, 3.63) is 97.7 Å². The van der Waals surface area contributed by atoms with Gasteiger partial charge in [-0.05, 0) is 42.0 Å². The van der Waals surface area contributed by atoms with Gasteiger partial charge in [0.2, 0.25) is 5.91 Å². The molecule has 186 valence electrons. The third-order valence-corrected chi connectivity index (χ3v) is 8.06. The second-order valence-electron chi connectivity index (χ2n) is 9.33. The lowest BCUT2D eigenvalue weighted by Gasteiger charge is -2.42. The average molecular weight is 505 g/mol. The van der Waals surface area contributed by atoms with Crippen LogP contribution in [0.2, 0.25) is 0 Å². The van der Waals surface area contributed by atoms with Crippen molar-refractivity contribution in [2.75, 3.05) is 32.7 Å². The van der Waals surface area contributed by atoms with Crippen molar-refractivity contribution in [3.63, 3.8) is 0 Å². The predicted octanol–water partition coefficient (Wildman–Crippen LogP) is 3.98. The summed E-state index contributed by atoms with van der Waals surface area (Å²) in [6, 6.07) is 18.2. The number of amides is 2. The Morgan fingerprint density at radius 1 is 1.06 bits per heavy atom. The number of nitro benzene ring substituents is 1. The summed E-state index contributed by atoms with van der Waals surface area (Å²) in [6.07, 6.45) is 0.936. The first-order chi connectivity index (χ1) is 17.4. The van der Waals surface area contributed by atoms with Gasteiger partial charge in [0.1, 0.15) is 0 Å². The van der Waals surface area contributed by atoms with Crippen LogP contribution in [-0.4, -0.2) is 70.2 Å². The molecule has 0 saturated carbocycles. The van der Waals surface area contributed by atoms with Crippen LogP contribution in [0, 0.1) is 10.1 Å². The van der Waals surface area contributed by atoms with Gasteiger partial charge in [0, 0.05) is 54.8 Å². The number of rotatable bonds is 5. The molecule has 2 aliphatic rings. The van der Waals surface area contributed by atoms with Crippen molar-refractivity contribution in [1.82, 2.24) is 14.7 Å². The highest BCUT2D eigenvalue weighted by Crippen LogP contribution is 2.37. The van der Waals surface area contributed by atoms with Gasteiger partial charge in [-0.25, -0.2) is 0 Å². The normalized spacial score (nSPS) is 20.1. The zero-order valence-electron chi connectivity index (χ0n) is 20.1.